The number of amides is 1. The van der Waals surface area contributed by atoms with Gasteiger partial charge in [0, 0.05) is 24.5 Å². The van der Waals surface area contributed by atoms with E-state index in [9.17, 15) is 9.59 Å². The minimum absolute atomic E-state index is 0.0963. The number of carboxylic acid groups (broad SMARTS) is 1. The van der Waals surface area contributed by atoms with Crippen molar-refractivity contribution in [3.8, 4) is 0 Å². The third-order valence-electron chi connectivity index (χ3n) is 2.31. The number of carbonyl (C=O) groups is 2. The van der Waals surface area contributed by atoms with Gasteiger partial charge < -0.3 is 10.4 Å². The van der Waals surface area contributed by atoms with Crippen LogP contribution in [-0.4, -0.2) is 33.5 Å². The van der Waals surface area contributed by atoms with E-state index < -0.39 is 5.97 Å². The first kappa shape index (κ1) is 13.2. The summed E-state index contributed by atoms with van der Waals surface area (Å²) in [5, 5.41) is 14.3. The van der Waals surface area contributed by atoms with Gasteiger partial charge in [-0.3, -0.25) is 4.79 Å². The number of hydrogen-bond acceptors (Lipinski definition) is 5. The van der Waals surface area contributed by atoms with Crippen molar-refractivity contribution in [2.24, 2.45) is 0 Å². The lowest BCUT2D eigenvalue weighted by atomic mass is 10.3. The fourth-order valence-corrected chi connectivity index (χ4v) is 2.05. The molecule has 0 unspecified atom stereocenters. The standard InChI is InChI=1S/C12H11N3O3S/c16-11(14-5-4-10-13-6-7-19-10)8-2-1-3-9(15-8)12(17)18/h1-3,6-7H,4-5H2,(H,14,16)(H,17,18). The van der Waals surface area contributed by atoms with Crippen LogP contribution in [0.3, 0.4) is 0 Å². The number of pyridine rings is 1. The van der Waals surface area contributed by atoms with Gasteiger partial charge in [-0.25, -0.2) is 14.8 Å². The Balaban J connectivity index is 1.92. The van der Waals surface area contributed by atoms with Crippen LogP contribution in [0.5, 0.6) is 0 Å². The Hall–Kier alpha value is -2.28. The van der Waals surface area contributed by atoms with Gasteiger partial charge in [-0.1, -0.05) is 6.07 Å². The maximum Gasteiger partial charge on any atom is 0.354 e. The fraction of sp³-hybridized carbons (Fsp3) is 0.167. The van der Waals surface area contributed by atoms with Gasteiger partial charge >= 0.3 is 5.97 Å². The van der Waals surface area contributed by atoms with E-state index in [-0.39, 0.29) is 17.3 Å². The summed E-state index contributed by atoms with van der Waals surface area (Å²) in [6.07, 6.45) is 2.35. The molecular formula is C12H11N3O3S. The summed E-state index contributed by atoms with van der Waals surface area (Å²) in [5.74, 6) is -1.54. The molecule has 0 aliphatic heterocycles. The van der Waals surface area contributed by atoms with Gasteiger partial charge in [0.05, 0.1) is 5.01 Å². The van der Waals surface area contributed by atoms with E-state index in [0.29, 0.717) is 13.0 Å². The monoisotopic (exact) mass is 277 g/mol. The first-order valence-electron chi connectivity index (χ1n) is 5.54. The van der Waals surface area contributed by atoms with Gasteiger partial charge in [0.2, 0.25) is 0 Å². The second-order valence-corrected chi connectivity index (χ2v) is 4.62. The average molecular weight is 277 g/mol. The van der Waals surface area contributed by atoms with Crippen LogP contribution in [0.15, 0.2) is 29.8 Å². The lowest BCUT2D eigenvalue weighted by Crippen LogP contribution is -2.27. The molecule has 0 aliphatic carbocycles. The number of rotatable bonds is 5. The first-order chi connectivity index (χ1) is 9.16. The molecule has 0 aromatic carbocycles. The summed E-state index contributed by atoms with van der Waals surface area (Å²) in [6, 6.07) is 4.31. The molecule has 0 saturated carbocycles. The molecule has 0 saturated heterocycles. The number of nitrogens with zero attached hydrogens (tertiary/aromatic N) is 2. The van der Waals surface area contributed by atoms with Crippen molar-refractivity contribution in [1.29, 1.82) is 0 Å². The van der Waals surface area contributed by atoms with Gasteiger partial charge in [0.1, 0.15) is 11.4 Å². The summed E-state index contributed by atoms with van der Waals surface area (Å²) in [6.45, 7) is 0.436. The van der Waals surface area contributed by atoms with Crippen LogP contribution in [0.2, 0.25) is 0 Å². The van der Waals surface area contributed by atoms with Crippen LogP contribution in [0.25, 0.3) is 0 Å². The molecule has 0 radical (unpaired) electrons. The van der Waals surface area contributed by atoms with Crippen molar-refractivity contribution in [2.45, 2.75) is 6.42 Å². The summed E-state index contributed by atoms with van der Waals surface area (Å²) >= 11 is 1.52. The molecule has 0 fully saturated rings. The zero-order valence-electron chi connectivity index (χ0n) is 9.87. The third kappa shape index (κ3) is 3.59. The van der Waals surface area contributed by atoms with Crippen molar-refractivity contribution < 1.29 is 14.7 Å². The first-order valence-corrected chi connectivity index (χ1v) is 6.41. The van der Waals surface area contributed by atoms with Crippen LogP contribution in [0, 0.1) is 0 Å². The Labute approximate surface area is 113 Å². The number of hydrogen-bond donors (Lipinski definition) is 2. The Morgan fingerprint density at radius 2 is 2.11 bits per heavy atom. The topological polar surface area (TPSA) is 92.2 Å². The van der Waals surface area contributed by atoms with Crippen molar-refractivity contribution in [3.63, 3.8) is 0 Å². The van der Waals surface area contributed by atoms with E-state index in [1.807, 2.05) is 5.38 Å². The third-order valence-corrected chi connectivity index (χ3v) is 3.15. The SMILES string of the molecule is O=C(O)c1cccc(C(=O)NCCc2nccs2)n1. The number of aromatic carboxylic acids is 1. The fourth-order valence-electron chi connectivity index (χ4n) is 1.43. The largest absolute Gasteiger partial charge is 0.477 e. The van der Waals surface area contributed by atoms with E-state index >= 15 is 0 Å². The van der Waals surface area contributed by atoms with Crippen LogP contribution in [-0.2, 0) is 6.42 Å². The number of nitrogens with one attached hydrogen (secondary N) is 1. The minimum atomic E-state index is -1.16. The van der Waals surface area contributed by atoms with Crippen LogP contribution < -0.4 is 5.32 Å². The Morgan fingerprint density at radius 3 is 2.79 bits per heavy atom. The summed E-state index contributed by atoms with van der Waals surface area (Å²) in [4.78, 5) is 30.4. The molecule has 2 heterocycles. The van der Waals surface area contributed by atoms with Gasteiger partial charge in [-0.2, -0.15) is 0 Å². The highest BCUT2D eigenvalue weighted by atomic mass is 32.1. The molecule has 2 rings (SSSR count). The maximum absolute atomic E-state index is 11.8. The highest BCUT2D eigenvalue weighted by molar-refractivity contribution is 7.09. The predicted molar refractivity (Wildman–Crippen MR) is 69.3 cm³/mol. The highest BCUT2D eigenvalue weighted by Crippen LogP contribution is 2.04. The van der Waals surface area contributed by atoms with E-state index in [1.54, 1.807) is 6.20 Å². The quantitative estimate of drug-likeness (QED) is 0.857. The predicted octanol–water partition coefficient (Wildman–Crippen LogP) is 1.21. The van der Waals surface area contributed by atoms with Gasteiger partial charge in [-0.05, 0) is 12.1 Å². The summed E-state index contributed by atoms with van der Waals surface area (Å²) in [7, 11) is 0. The number of carboxylic acids is 1. The van der Waals surface area contributed by atoms with Gasteiger partial charge in [0.25, 0.3) is 5.91 Å². The van der Waals surface area contributed by atoms with Crippen molar-refractivity contribution in [3.05, 3.63) is 46.2 Å². The van der Waals surface area contributed by atoms with Gasteiger partial charge in [0.15, 0.2) is 0 Å². The van der Waals surface area contributed by atoms with Crippen LogP contribution in [0.4, 0.5) is 0 Å². The van der Waals surface area contributed by atoms with Crippen molar-refractivity contribution in [1.82, 2.24) is 15.3 Å². The van der Waals surface area contributed by atoms with Crippen LogP contribution >= 0.6 is 11.3 Å². The van der Waals surface area contributed by atoms with Crippen molar-refractivity contribution >= 4 is 23.2 Å². The number of carbonyl (C=O) groups excluding carboxylic acids is 1. The zero-order chi connectivity index (χ0) is 13.7. The molecule has 7 heteroatoms. The molecule has 19 heavy (non-hydrogen) atoms. The molecule has 2 aromatic rings. The van der Waals surface area contributed by atoms with Gasteiger partial charge in [-0.15, -0.1) is 11.3 Å². The average Bonchev–Trinajstić information content (AvgIpc) is 2.92. The van der Waals surface area contributed by atoms with E-state index in [4.69, 9.17) is 5.11 Å². The van der Waals surface area contributed by atoms with Crippen molar-refractivity contribution in [2.75, 3.05) is 6.54 Å². The van der Waals surface area contributed by atoms with E-state index in [0.717, 1.165) is 5.01 Å². The molecule has 0 bridgehead atoms. The zero-order valence-corrected chi connectivity index (χ0v) is 10.7. The lowest BCUT2D eigenvalue weighted by Gasteiger charge is -2.03. The molecule has 0 spiro atoms. The van der Waals surface area contributed by atoms with E-state index in [1.165, 1.54) is 29.5 Å². The molecule has 0 atom stereocenters. The maximum atomic E-state index is 11.8. The van der Waals surface area contributed by atoms with Crippen LogP contribution in [0.1, 0.15) is 26.0 Å². The smallest absolute Gasteiger partial charge is 0.354 e. The molecule has 2 N–H and O–H groups in total. The Bertz CT molecular complexity index is 584. The summed E-state index contributed by atoms with van der Waals surface area (Å²) in [5.41, 5.74) is -0.0494. The Morgan fingerprint density at radius 1 is 1.32 bits per heavy atom. The second-order valence-electron chi connectivity index (χ2n) is 3.64. The molecule has 6 nitrogen and oxygen atoms in total. The molecule has 1 amide bonds. The number of aromatic nitrogens is 2. The van der Waals surface area contributed by atoms with E-state index in [2.05, 4.69) is 15.3 Å². The highest BCUT2D eigenvalue weighted by Gasteiger charge is 2.10. The number of thiazole rings is 1. The summed E-state index contributed by atoms with van der Waals surface area (Å²) < 4.78 is 0. The molecular weight excluding hydrogens is 266 g/mol. The normalized spacial score (nSPS) is 10.1. The lowest BCUT2D eigenvalue weighted by molar-refractivity contribution is 0.0690. The molecule has 0 aliphatic rings. The molecule has 98 valence electrons. The molecule has 2 aromatic heterocycles. The second kappa shape index (κ2) is 6.05. The minimum Gasteiger partial charge on any atom is -0.477 e. The Kier molecular flexibility index (Phi) is 4.19.